The number of benzene rings is 1. The lowest BCUT2D eigenvalue weighted by atomic mass is 9.93. The van der Waals surface area contributed by atoms with E-state index in [1.54, 1.807) is 28.9 Å². The third-order valence-corrected chi connectivity index (χ3v) is 17.3. The number of aryl methyl sites for hydroxylation is 1. The van der Waals surface area contributed by atoms with Crippen LogP contribution in [0.1, 0.15) is 260 Å². The number of nitrogens with zero attached hydrogens (tertiary/aromatic N) is 4. The van der Waals surface area contributed by atoms with Crippen molar-refractivity contribution in [1.82, 2.24) is 9.80 Å². The normalized spacial score (nSPS) is 15.0. The predicted octanol–water partition coefficient (Wildman–Crippen LogP) is 20.2. The first-order valence-electron chi connectivity index (χ1n) is 29.8. The van der Waals surface area contributed by atoms with E-state index in [0.29, 0.717) is 36.1 Å². The lowest BCUT2D eigenvalue weighted by Crippen LogP contribution is -2.34. The highest BCUT2D eigenvalue weighted by atomic mass is 32.1. The summed E-state index contributed by atoms with van der Waals surface area (Å²) in [5, 5.41) is 0. The molecule has 2 aliphatic rings. The fourth-order valence-electron chi connectivity index (χ4n) is 11.0. The lowest BCUT2D eigenvalue weighted by molar-refractivity contribution is -0.124. The number of thiophene rings is 2. The first-order valence-corrected chi connectivity index (χ1v) is 31.4. The summed E-state index contributed by atoms with van der Waals surface area (Å²) < 4.78 is 0. The minimum absolute atomic E-state index is 0.0229. The quantitative estimate of drug-likeness (QED) is 0.0420. The van der Waals surface area contributed by atoms with Crippen LogP contribution in [0.5, 0.6) is 0 Å². The molecule has 0 bridgehead atoms. The number of aliphatic imine (C=N–C) groups is 2. The van der Waals surface area contributed by atoms with Gasteiger partial charge in [0.2, 0.25) is 0 Å². The van der Waals surface area contributed by atoms with E-state index in [0.717, 1.165) is 63.1 Å². The zero-order valence-electron chi connectivity index (χ0n) is 46.4. The second-order valence-corrected chi connectivity index (χ2v) is 23.8. The van der Waals surface area contributed by atoms with Gasteiger partial charge in [-0.25, -0.2) is 0 Å². The summed E-state index contributed by atoms with van der Waals surface area (Å²) in [6.45, 7) is 14.6. The molecule has 72 heavy (non-hydrogen) atoms. The van der Waals surface area contributed by atoms with Crippen LogP contribution < -0.4 is 0 Å². The molecule has 6 nitrogen and oxygen atoms in total. The van der Waals surface area contributed by atoms with Crippen LogP contribution in [0.4, 0.5) is 11.4 Å². The Morgan fingerprint density at radius 1 is 0.444 bits per heavy atom. The number of amides is 2. The minimum Gasteiger partial charge on any atom is -0.306 e. The zero-order chi connectivity index (χ0) is 51.2. The molecule has 2 aromatic heterocycles. The summed E-state index contributed by atoms with van der Waals surface area (Å²) in [4.78, 5) is 49.0. The molecule has 3 aromatic rings. The van der Waals surface area contributed by atoms with Crippen LogP contribution >= 0.6 is 22.7 Å². The number of carbonyl (C=O) groups is 2. The number of hydrogen-bond acceptors (Lipinski definition) is 6. The molecule has 2 amide bonds. The van der Waals surface area contributed by atoms with E-state index >= 15 is 9.59 Å². The molecule has 8 heteroatoms. The summed E-state index contributed by atoms with van der Waals surface area (Å²) in [7, 11) is 0. The fourth-order valence-corrected chi connectivity index (χ4v) is 12.9. The van der Waals surface area contributed by atoms with Gasteiger partial charge in [-0.2, -0.15) is 0 Å². The molecule has 2 aliphatic heterocycles. The van der Waals surface area contributed by atoms with E-state index < -0.39 is 0 Å². The number of hydrogen-bond donors (Lipinski definition) is 0. The maximum atomic E-state index is 15.7. The van der Waals surface area contributed by atoms with Crippen LogP contribution in [0.2, 0.25) is 0 Å². The van der Waals surface area contributed by atoms with E-state index in [1.807, 2.05) is 37.4 Å². The molecule has 2 unspecified atom stereocenters. The van der Waals surface area contributed by atoms with Crippen LogP contribution in [-0.4, -0.2) is 47.1 Å². The molecule has 0 radical (unpaired) electrons. The van der Waals surface area contributed by atoms with Crippen molar-refractivity contribution in [2.75, 3.05) is 13.1 Å². The van der Waals surface area contributed by atoms with Gasteiger partial charge in [0, 0.05) is 35.3 Å². The summed E-state index contributed by atoms with van der Waals surface area (Å²) in [6.07, 6.45) is 44.2. The highest BCUT2D eigenvalue weighted by molar-refractivity contribution is 7.15. The van der Waals surface area contributed by atoms with E-state index in [1.165, 1.54) is 185 Å². The van der Waals surface area contributed by atoms with Gasteiger partial charge >= 0.3 is 0 Å². The highest BCUT2D eigenvalue weighted by Gasteiger charge is 2.50. The molecule has 0 saturated carbocycles. The van der Waals surface area contributed by atoms with Gasteiger partial charge in [0.25, 0.3) is 11.8 Å². The van der Waals surface area contributed by atoms with Crippen LogP contribution in [0.25, 0.3) is 11.4 Å². The molecule has 398 valence electrons. The Hall–Kier alpha value is -3.62. The van der Waals surface area contributed by atoms with Gasteiger partial charge in [0.05, 0.1) is 43.7 Å². The second kappa shape index (κ2) is 34.8. The molecule has 0 N–H and O–H groups in total. The first-order chi connectivity index (χ1) is 35.3. The van der Waals surface area contributed by atoms with Crippen molar-refractivity contribution < 1.29 is 9.59 Å². The zero-order valence-corrected chi connectivity index (χ0v) is 48.0. The van der Waals surface area contributed by atoms with Crippen molar-refractivity contribution in [2.24, 2.45) is 21.8 Å². The molecule has 1 aromatic carbocycles. The Labute approximate surface area is 447 Å². The van der Waals surface area contributed by atoms with Gasteiger partial charge in [0.1, 0.15) is 0 Å². The molecular weight excluding hydrogens is 921 g/mol. The SMILES string of the molecule is CC=Nc1ccc(N=Cc2ccc(C3=C4C(=O)N(CC(CCCCCCCC)CCCCCCCCCC)C(c5ccc(C)s5)=C4C(=O)N3CC(CCCCCCCC)CCCCCCCCCC)s2)cc1. The number of unbranched alkanes of at least 4 members (excludes halogenated alkanes) is 24. The van der Waals surface area contributed by atoms with Crippen molar-refractivity contribution in [2.45, 2.75) is 247 Å². The Balaban J connectivity index is 1.50. The van der Waals surface area contributed by atoms with E-state index in [4.69, 9.17) is 4.99 Å². The van der Waals surface area contributed by atoms with Crippen LogP contribution in [0.3, 0.4) is 0 Å². The van der Waals surface area contributed by atoms with Crippen LogP contribution in [0.15, 0.2) is 69.7 Å². The molecule has 0 saturated heterocycles. The van der Waals surface area contributed by atoms with Crippen LogP contribution in [-0.2, 0) is 9.59 Å². The van der Waals surface area contributed by atoms with Gasteiger partial charge in [0.15, 0.2) is 0 Å². The Bertz CT molecular complexity index is 2120. The maximum Gasteiger partial charge on any atom is 0.261 e. The average Bonchev–Trinajstić information content (AvgIpc) is 4.16. The Morgan fingerprint density at radius 3 is 1.15 bits per heavy atom. The van der Waals surface area contributed by atoms with Gasteiger partial charge in [-0.15, -0.1) is 22.7 Å². The fraction of sp³-hybridized carbons (Fsp3) is 0.656. The molecule has 5 rings (SSSR count). The van der Waals surface area contributed by atoms with E-state index in [-0.39, 0.29) is 11.8 Å². The van der Waals surface area contributed by atoms with Crippen molar-refractivity contribution >= 4 is 69.7 Å². The summed E-state index contributed by atoms with van der Waals surface area (Å²) in [5.41, 5.74) is 4.75. The summed E-state index contributed by atoms with van der Waals surface area (Å²) >= 11 is 3.38. The third kappa shape index (κ3) is 19.6. The number of fused-ring (bicyclic) bond motifs is 1. The molecule has 2 atom stereocenters. The van der Waals surface area contributed by atoms with Crippen molar-refractivity contribution in [1.29, 1.82) is 0 Å². The third-order valence-electron chi connectivity index (χ3n) is 15.2. The molecule has 4 heterocycles. The summed E-state index contributed by atoms with van der Waals surface area (Å²) in [5.74, 6) is 0.819. The summed E-state index contributed by atoms with van der Waals surface area (Å²) in [6, 6.07) is 16.6. The van der Waals surface area contributed by atoms with Gasteiger partial charge < -0.3 is 9.80 Å². The number of carbonyl (C=O) groups excluding carboxylic acids is 2. The lowest BCUT2D eigenvalue weighted by Gasteiger charge is -2.29. The standard InChI is InChI=1S/C64H98N4O2S2/c1-7-12-16-20-24-26-30-34-38-52(36-32-28-22-18-14-9-3)49-67-61(57-46-40-51(6)71-57)59-60(64(67)70)62(58-47-45-56(72-58)48-66-55-43-41-54(42-44-55)65-11-5)68(63(59)69)50-53(37-33-29-23-19-15-10-4)39-35-31-27-25-21-17-13-8-2/h11,40-48,52-53H,7-10,12-39,49-50H2,1-6H3. The smallest absolute Gasteiger partial charge is 0.261 e. The van der Waals surface area contributed by atoms with Crippen molar-refractivity contribution in [3.05, 3.63) is 79.2 Å². The molecule has 0 fully saturated rings. The molecular formula is C64H98N4O2S2. The average molecular weight is 1020 g/mol. The maximum absolute atomic E-state index is 15.7. The second-order valence-electron chi connectivity index (χ2n) is 21.4. The predicted molar refractivity (Wildman–Crippen MR) is 316 cm³/mol. The topological polar surface area (TPSA) is 65.3 Å². The monoisotopic (exact) mass is 1020 g/mol. The highest BCUT2D eigenvalue weighted by Crippen LogP contribution is 2.49. The van der Waals surface area contributed by atoms with Gasteiger partial charge in [-0.05, 0) is 99.9 Å². The van der Waals surface area contributed by atoms with E-state index in [2.05, 4.69) is 73.7 Å². The van der Waals surface area contributed by atoms with Crippen molar-refractivity contribution in [3.8, 4) is 0 Å². The van der Waals surface area contributed by atoms with E-state index in [9.17, 15) is 0 Å². The van der Waals surface area contributed by atoms with Gasteiger partial charge in [-0.1, -0.05) is 207 Å². The molecule has 0 spiro atoms. The van der Waals surface area contributed by atoms with Gasteiger partial charge in [-0.3, -0.25) is 19.6 Å². The Kier molecular flexibility index (Phi) is 28.6. The Morgan fingerprint density at radius 2 is 0.792 bits per heavy atom. The minimum atomic E-state index is 0.0229. The largest absolute Gasteiger partial charge is 0.306 e. The number of rotatable bonds is 41. The van der Waals surface area contributed by atoms with Crippen molar-refractivity contribution in [3.63, 3.8) is 0 Å². The molecule has 0 aliphatic carbocycles. The van der Waals surface area contributed by atoms with Crippen LogP contribution in [0, 0.1) is 18.8 Å². The first kappa shape index (κ1) is 59.3.